The Morgan fingerprint density at radius 1 is 1.00 bits per heavy atom. The van der Waals surface area contributed by atoms with Crippen LogP contribution in [-0.4, -0.2) is 19.9 Å². The highest BCUT2D eigenvalue weighted by Crippen LogP contribution is 2.33. The smallest absolute Gasteiger partial charge is 0.261 e. The van der Waals surface area contributed by atoms with Gasteiger partial charge >= 0.3 is 0 Å². The molecule has 0 spiro atoms. The highest BCUT2D eigenvalue weighted by molar-refractivity contribution is 7.92. The van der Waals surface area contributed by atoms with E-state index in [1.54, 1.807) is 24.4 Å². The minimum atomic E-state index is -3.64. The quantitative estimate of drug-likeness (QED) is 0.738. The standard InChI is InChI=1S/C21H21N3O2S/c1-15-7-9-19(13-16(15)2)27(25,26)23-18-8-10-21(22-14-18)24-12-11-17-5-3-4-6-20(17)24/h3-10,13-14,23H,11-12H2,1-2H3. The summed E-state index contributed by atoms with van der Waals surface area (Å²) in [7, 11) is -3.64. The van der Waals surface area contributed by atoms with Crippen LogP contribution in [0.25, 0.3) is 0 Å². The monoisotopic (exact) mass is 379 g/mol. The van der Waals surface area contributed by atoms with E-state index in [4.69, 9.17) is 0 Å². The van der Waals surface area contributed by atoms with E-state index in [1.165, 1.54) is 5.56 Å². The van der Waals surface area contributed by atoms with Crippen LogP contribution in [0.4, 0.5) is 17.2 Å². The molecule has 2 heterocycles. The number of rotatable bonds is 4. The van der Waals surface area contributed by atoms with E-state index in [1.807, 2.05) is 38.1 Å². The molecule has 0 amide bonds. The average Bonchev–Trinajstić information content (AvgIpc) is 3.08. The van der Waals surface area contributed by atoms with Gasteiger partial charge in [-0.3, -0.25) is 4.72 Å². The average molecular weight is 379 g/mol. The molecule has 5 nitrogen and oxygen atoms in total. The molecule has 0 radical (unpaired) electrons. The number of fused-ring (bicyclic) bond motifs is 1. The number of pyridine rings is 1. The van der Waals surface area contributed by atoms with Crippen LogP contribution in [0.3, 0.4) is 0 Å². The van der Waals surface area contributed by atoms with Gasteiger partial charge in [-0.1, -0.05) is 24.3 Å². The van der Waals surface area contributed by atoms with Gasteiger partial charge in [0.15, 0.2) is 0 Å². The van der Waals surface area contributed by atoms with Gasteiger partial charge < -0.3 is 4.90 Å². The lowest BCUT2D eigenvalue weighted by Crippen LogP contribution is -2.16. The molecule has 6 heteroatoms. The molecule has 138 valence electrons. The summed E-state index contributed by atoms with van der Waals surface area (Å²) in [5.74, 6) is 0.814. The van der Waals surface area contributed by atoms with Gasteiger partial charge in [-0.05, 0) is 67.3 Å². The topological polar surface area (TPSA) is 62.3 Å². The summed E-state index contributed by atoms with van der Waals surface area (Å²) in [6, 6.07) is 17.0. The van der Waals surface area contributed by atoms with E-state index in [2.05, 4.69) is 26.7 Å². The molecule has 3 aromatic rings. The van der Waals surface area contributed by atoms with Gasteiger partial charge in [0.1, 0.15) is 5.82 Å². The summed E-state index contributed by atoms with van der Waals surface area (Å²) < 4.78 is 27.9. The van der Waals surface area contributed by atoms with Crippen LogP contribution >= 0.6 is 0 Å². The molecule has 1 aliphatic rings. The summed E-state index contributed by atoms with van der Waals surface area (Å²) >= 11 is 0. The van der Waals surface area contributed by atoms with Gasteiger partial charge in [-0.2, -0.15) is 0 Å². The zero-order valence-corrected chi connectivity index (χ0v) is 16.1. The molecule has 0 atom stereocenters. The normalized spacial score (nSPS) is 13.5. The summed E-state index contributed by atoms with van der Waals surface area (Å²) in [4.78, 5) is 6.87. The molecule has 2 aromatic carbocycles. The Kier molecular flexibility index (Phi) is 4.36. The Labute approximate surface area is 159 Å². The number of nitrogens with zero attached hydrogens (tertiary/aromatic N) is 2. The first kappa shape index (κ1) is 17.5. The van der Waals surface area contributed by atoms with Crippen molar-refractivity contribution in [2.45, 2.75) is 25.2 Å². The zero-order valence-electron chi connectivity index (χ0n) is 15.3. The Hall–Kier alpha value is -2.86. The van der Waals surface area contributed by atoms with Gasteiger partial charge in [0.05, 0.1) is 16.8 Å². The minimum Gasteiger partial charge on any atom is -0.326 e. The highest BCUT2D eigenvalue weighted by atomic mass is 32.2. The van der Waals surface area contributed by atoms with Crippen LogP contribution in [0.15, 0.2) is 65.7 Å². The van der Waals surface area contributed by atoms with Crippen LogP contribution in [0, 0.1) is 13.8 Å². The summed E-state index contributed by atoms with van der Waals surface area (Å²) in [6.07, 6.45) is 2.55. The number of anilines is 3. The van der Waals surface area contributed by atoms with Crippen molar-refractivity contribution < 1.29 is 8.42 Å². The van der Waals surface area contributed by atoms with Crippen LogP contribution in [0.1, 0.15) is 16.7 Å². The Balaban J connectivity index is 1.55. The molecule has 0 saturated heterocycles. The van der Waals surface area contributed by atoms with E-state index >= 15 is 0 Å². The molecule has 0 bridgehead atoms. The summed E-state index contributed by atoms with van der Waals surface area (Å²) in [5, 5.41) is 0. The molecular formula is C21H21N3O2S. The first-order valence-electron chi connectivity index (χ1n) is 8.86. The lowest BCUT2D eigenvalue weighted by molar-refractivity contribution is 0.601. The molecule has 4 rings (SSSR count). The lowest BCUT2D eigenvalue weighted by atomic mass is 10.1. The number of hydrogen-bond donors (Lipinski definition) is 1. The number of aryl methyl sites for hydroxylation is 2. The van der Waals surface area contributed by atoms with Crippen molar-refractivity contribution in [1.29, 1.82) is 0 Å². The molecule has 1 aliphatic heterocycles. The van der Waals surface area contributed by atoms with Crippen LogP contribution in [0.2, 0.25) is 0 Å². The second-order valence-corrected chi connectivity index (χ2v) is 8.47. The maximum Gasteiger partial charge on any atom is 0.261 e. The third-order valence-electron chi connectivity index (χ3n) is 4.95. The largest absolute Gasteiger partial charge is 0.326 e. The van der Waals surface area contributed by atoms with Crippen molar-refractivity contribution in [3.63, 3.8) is 0 Å². The van der Waals surface area contributed by atoms with Gasteiger partial charge in [0.25, 0.3) is 10.0 Å². The van der Waals surface area contributed by atoms with Gasteiger partial charge in [-0.25, -0.2) is 13.4 Å². The van der Waals surface area contributed by atoms with Crippen molar-refractivity contribution in [2.24, 2.45) is 0 Å². The third-order valence-corrected chi connectivity index (χ3v) is 6.33. The number of aromatic nitrogens is 1. The van der Waals surface area contributed by atoms with Gasteiger partial charge in [-0.15, -0.1) is 0 Å². The van der Waals surface area contributed by atoms with Crippen molar-refractivity contribution in [3.8, 4) is 0 Å². The Bertz CT molecular complexity index is 1090. The maximum absolute atomic E-state index is 12.6. The minimum absolute atomic E-state index is 0.253. The van der Waals surface area contributed by atoms with E-state index < -0.39 is 10.0 Å². The molecule has 0 saturated carbocycles. The number of hydrogen-bond acceptors (Lipinski definition) is 4. The van der Waals surface area contributed by atoms with Crippen LogP contribution in [-0.2, 0) is 16.4 Å². The molecule has 0 unspecified atom stereocenters. The fraction of sp³-hybridized carbons (Fsp3) is 0.190. The van der Waals surface area contributed by atoms with E-state index in [9.17, 15) is 8.42 Å². The molecule has 0 aliphatic carbocycles. The Morgan fingerprint density at radius 3 is 2.56 bits per heavy atom. The fourth-order valence-corrected chi connectivity index (χ4v) is 4.41. The number of para-hydroxylation sites is 1. The lowest BCUT2D eigenvalue weighted by Gasteiger charge is -2.18. The number of sulfonamides is 1. The van der Waals surface area contributed by atoms with Crippen molar-refractivity contribution >= 4 is 27.2 Å². The first-order valence-corrected chi connectivity index (χ1v) is 10.3. The predicted octanol–water partition coefficient (Wildman–Crippen LogP) is 4.19. The van der Waals surface area contributed by atoms with Gasteiger partial charge in [0, 0.05) is 12.2 Å². The van der Waals surface area contributed by atoms with Crippen molar-refractivity contribution in [3.05, 3.63) is 77.5 Å². The predicted molar refractivity (Wildman–Crippen MR) is 108 cm³/mol. The van der Waals surface area contributed by atoms with E-state index in [-0.39, 0.29) is 4.90 Å². The SMILES string of the molecule is Cc1ccc(S(=O)(=O)Nc2ccc(N3CCc4ccccc43)nc2)cc1C. The summed E-state index contributed by atoms with van der Waals surface area (Å²) in [6.45, 7) is 4.73. The fourth-order valence-electron chi connectivity index (χ4n) is 3.28. The van der Waals surface area contributed by atoms with E-state index in [0.717, 1.165) is 35.6 Å². The second kappa shape index (κ2) is 6.70. The molecule has 1 aromatic heterocycles. The van der Waals surface area contributed by atoms with Gasteiger partial charge in [0.2, 0.25) is 0 Å². The number of nitrogens with one attached hydrogen (secondary N) is 1. The van der Waals surface area contributed by atoms with Crippen molar-refractivity contribution in [2.75, 3.05) is 16.2 Å². The highest BCUT2D eigenvalue weighted by Gasteiger charge is 2.21. The molecule has 0 fully saturated rings. The first-order chi connectivity index (χ1) is 12.9. The Morgan fingerprint density at radius 2 is 1.81 bits per heavy atom. The second-order valence-electron chi connectivity index (χ2n) is 6.79. The molecular weight excluding hydrogens is 358 g/mol. The zero-order chi connectivity index (χ0) is 19.0. The number of benzene rings is 2. The molecule has 27 heavy (non-hydrogen) atoms. The third kappa shape index (κ3) is 3.40. The maximum atomic E-state index is 12.6. The van der Waals surface area contributed by atoms with Crippen molar-refractivity contribution in [1.82, 2.24) is 4.98 Å². The molecule has 1 N–H and O–H groups in total. The summed E-state index contributed by atoms with van der Waals surface area (Å²) in [5.41, 5.74) is 4.92. The van der Waals surface area contributed by atoms with Crippen LogP contribution in [0.5, 0.6) is 0 Å². The van der Waals surface area contributed by atoms with E-state index in [0.29, 0.717) is 5.69 Å². The van der Waals surface area contributed by atoms with Crippen LogP contribution < -0.4 is 9.62 Å².